The Morgan fingerprint density at radius 1 is 1.32 bits per heavy atom. The van der Waals surface area contributed by atoms with E-state index in [2.05, 4.69) is 0 Å². The Morgan fingerprint density at radius 2 is 2.20 bits per heavy atom. The second kappa shape index (κ2) is 6.31. The zero-order valence-electron chi connectivity index (χ0n) is 14.3. The van der Waals surface area contributed by atoms with E-state index in [4.69, 9.17) is 15.2 Å². The molecule has 5 heteroatoms. The van der Waals surface area contributed by atoms with Gasteiger partial charge in [-0.3, -0.25) is 4.79 Å². The van der Waals surface area contributed by atoms with Crippen molar-refractivity contribution in [2.24, 2.45) is 5.92 Å². The first kappa shape index (κ1) is 15.8. The fourth-order valence-electron chi connectivity index (χ4n) is 3.76. The van der Waals surface area contributed by atoms with E-state index in [1.54, 1.807) is 7.11 Å². The molecule has 0 bridgehead atoms. The molecule has 2 aromatic carbocycles. The van der Waals surface area contributed by atoms with Crippen LogP contribution in [0.25, 0.3) is 0 Å². The third-order valence-corrected chi connectivity index (χ3v) is 5.08. The number of nitrogen functional groups attached to an aromatic ring is 1. The Kier molecular flexibility index (Phi) is 3.99. The monoisotopic (exact) mass is 338 g/mol. The number of benzene rings is 2. The van der Waals surface area contributed by atoms with Crippen molar-refractivity contribution in [3.8, 4) is 11.5 Å². The Hall–Kier alpha value is -2.69. The number of nitrogens with zero attached hydrogens (tertiary/aromatic N) is 1. The van der Waals surface area contributed by atoms with E-state index in [0.717, 1.165) is 53.4 Å². The van der Waals surface area contributed by atoms with Gasteiger partial charge in [-0.25, -0.2) is 0 Å². The number of anilines is 2. The quantitative estimate of drug-likeness (QED) is 0.855. The number of nitrogens with two attached hydrogens (primary N) is 1. The largest absolute Gasteiger partial charge is 0.497 e. The van der Waals surface area contributed by atoms with E-state index in [1.165, 1.54) is 0 Å². The van der Waals surface area contributed by atoms with Crippen molar-refractivity contribution >= 4 is 17.3 Å². The Labute approximate surface area is 147 Å². The van der Waals surface area contributed by atoms with E-state index in [-0.39, 0.29) is 11.8 Å². The van der Waals surface area contributed by atoms with Gasteiger partial charge >= 0.3 is 0 Å². The Bertz CT molecular complexity index is 819. The van der Waals surface area contributed by atoms with Gasteiger partial charge in [0.25, 0.3) is 0 Å². The van der Waals surface area contributed by atoms with Crippen molar-refractivity contribution in [3.05, 3.63) is 47.5 Å². The van der Waals surface area contributed by atoms with E-state index >= 15 is 0 Å². The number of fused-ring (bicyclic) bond motifs is 2. The summed E-state index contributed by atoms with van der Waals surface area (Å²) in [6.07, 6.45) is 2.53. The van der Waals surface area contributed by atoms with Crippen LogP contribution < -0.4 is 20.1 Å². The molecular formula is C20H22N2O3. The summed E-state index contributed by atoms with van der Waals surface area (Å²) in [7, 11) is 1.64. The van der Waals surface area contributed by atoms with Crippen LogP contribution in [0.5, 0.6) is 11.5 Å². The molecule has 0 saturated carbocycles. The fraction of sp³-hybridized carbons (Fsp3) is 0.350. The zero-order valence-corrected chi connectivity index (χ0v) is 14.3. The first-order valence-corrected chi connectivity index (χ1v) is 8.66. The lowest BCUT2D eigenvalue weighted by molar-refractivity contribution is -0.123. The van der Waals surface area contributed by atoms with E-state index in [0.29, 0.717) is 13.0 Å². The molecule has 1 atom stereocenters. The number of ether oxygens (including phenoxy) is 2. The first-order valence-electron chi connectivity index (χ1n) is 8.66. The summed E-state index contributed by atoms with van der Waals surface area (Å²) in [6, 6.07) is 11.5. The van der Waals surface area contributed by atoms with Gasteiger partial charge in [0.05, 0.1) is 13.0 Å². The van der Waals surface area contributed by atoms with Crippen molar-refractivity contribution in [2.45, 2.75) is 19.3 Å². The maximum absolute atomic E-state index is 13.2. The maximum atomic E-state index is 13.2. The van der Waals surface area contributed by atoms with Gasteiger partial charge in [-0.05, 0) is 60.7 Å². The number of methoxy groups -OCH3 is 1. The molecule has 5 nitrogen and oxygen atoms in total. The van der Waals surface area contributed by atoms with Crippen LogP contribution in [0.2, 0.25) is 0 Å². The van der Waals surface area contributed by atoms with Crippen LogP contribution >= 0.6 is 0 Å². The maximum Gasteiger partial charge on any atom is 0.233 e. The van der Waals surface area contributed by atoms with E-state index in [1.807, 2.05) is 41.3 Å². The molecule has 1 amide bonds. The minimum Gasteiger partial charge on any atom is -0.497 e. The van der Waals surface area contributed by atoms with E-state index in [9.17, 15) is 4.79 Å². The average molecular weight is 338 g/mol. The molecule has 2 aliphatic rings. The van der Waals surface area contributed by atoms with Crippen LogP contribution in [0.4, 0.5) is 11.4 Å². The molecule has 0 radical (unpaired) electrons. The normalized spacial score (nSPS) is 18.8. The number of carbonyl (C=O) groups excluding carboxylic acids is 1. The van der Waals surface area contributed by atoms with Crippen LogP contribution in [0.1, 0.15) is 17.5 Å². The minimum atomic E-state index is -0.188. The number of rotatable bonds is 2. The van der Waals surface area contributed by atoms with E-state index < -0.39 is 0 Å². The first-order chi connectivity index (χ1) is 12.2. The van der Waals surface area contributed by atoms with Gasteiger partial charge in [-0.15, -0.1) is 0 Å². The summed E-state index contributed by atoms with van der Waals surface area (Å²) in [6.45, 7) is 1.14. The number of hydrogen-bond donors (Lipinski definition) is 1. The number of amides is 1. The van der Waals surface area contributed by atoms with Crippen molar-refractivity contribution in [1.29, 1.82) is 0 Å². The molecule has 0 aliphatic carbocycles. The lowest BCUT2D eigenvalue weighted by Gasteiger charge is -2.34. The van der Waals surface area contributed by atoms with Crippen molar-refractivity contribution < 1.29 is 14.3 Å². The second-order valence-electron chi connectivity index (χ2n) is 6.62. The molecule has 2 heterocycles. The van der Waals surface area contributed by atoms with Crippen LogP contribution in [-0.4, -0.2) is 26.2 Å². The molecule has 25 heavy (non-hydrogen) atoms. The summed E-state index contributed by atoms with van der Waals surface area (Å²) in [5, 5.41) is 0. The molecule has 2 N–H and O–H groups in total. The van der Waals surface area contributed by atoms with Gasteiger partial charge in [0, 0.05) is 17.9 Å². The lowest BCUT2D eigenvalue weighted by atomic mass is 9.93. The Morgan fingerprint density at radius 3 is 3.04 bits per heavy atom. The molecular weight excluding hydrogens is 316 g/mol. The van der Waals surface area contributed by atoms with Crippen molar-refractivity contribution in [1.82, 2.24) is 0 Å². The standard InChI is InChI=1S/C20H22N2O3/c1-24-15-7-8-19-13(11-15)10-14(12-25-19)20(23)22-9-3-4-16-17(21)5-2-6-18(16)22/h2,5-8,11,14H,3-4,9-10,12,21H2,1H3. The molecule has 1 unspecified atom stereocenters. The van der Waals surface area contributed by atoms with Crippen LogP contribution in [0, 0.1) is 5.92 Å². The van der Waals surface area contributed by atoms with Crippen LogP contribution in [0.3, 0.4) is 0 Å². The highest BCUT2D eigenvalue weighted by Crippen LogP contribution is 2.35. The number of hydrogen-bond acceptors (Lipinski definition) is 4. The predicted molar refractivity (Wildman–Crippen MR) is 97.2 cm³/mol. The smallest absolute Gasteiger partial charge is 0.233 e. The highest BCUT2D eigenvalue weighted by Gasteiger charge is 2.32. The summed E-state index contributed by atoms with van der Waals surface area (Å²) in [5.74, 6) is 1.55. The third-order valence-electron chi connectivity index (χ3n) is 5.08. The van der Waals surface area contributed by atoms with Crippen molar-refractivity contribution in [2.75, 3.05) is 30.9 Å². The van der Waals surface area contributed by atoms with Gasteiger partial charge < -0.3 is 20.1 Å². The highest BCUT2D eigenvalue weighted by atomic mass is 16.5. The molecule has 0 spiro atoms. The molecule has 0 saturated heterocycles. The van der Waals surface area contributed by atoms with Gasteiger partial charge in [0.2, 0.25) is 5.91 Å². The van der Waals surface area contributed by atoms with Gasteiger partial charge in [-0.1, -0.05) is 6.07 Å². The average Bonchev–Trinajstić information content (AvgIpc) is 2.66. The summed E-state index contributed by atoms with van der Waals surface area (Å²) in [5.41, 5.74) is 9.93. The SMILES string of the molecule is COc1ccc2c(c1)CC(C(=O)N1CCCc3c(N)cccc31)CO2. The molecule has 130 valence electrons. The van der Waals surface area contributed by atoms with Crippen LogP contribution in [0.15, 0.2) is 36.4 Å². The summed E-state index contributed by atoms with van der Waals surface area (Å²) < 4.78 is 11.1. The Balaban J connectivity index is 1.60. The van der Waals surface area contributed by atoms with Gasteiger partial charge in [-0.2, -0.15) is 0 Å². The molecule has 0 aromatic heterocycles. The molecule has 0 fully saturated rings. The zero-order chi connectivity index (χ0) is 17.4. The topological polar surface area (TPSA) is 64.8 Å². The molecule has 2 aromatic rings. The van der Waals surface area contributed by atoms with Gasteiger partial charge in [0.1, 0.15) is 18.1 Å². The minimum absolute atomic E-state index is 0.111. The van der Waals surface area contributed by atoms with Gasteiger partial charge in [0.15, 0.2) is 0 Å². The lowest BCUT2D eigenvalue weighted by Crippen LogP contribution is -2.43. The second-order valence-corrected chi connectivity index (χ2v) is 6.62. The van der Waals surface area contributed by atoms with Crippen LogP contribution in [-0.2, 0) is 17.6 Å². The molecule has 2 aliphatic heterocycles. The highest BCUT2D eigenvalue weighted by molar-refractivity contribution is 5.97. The fourth-order valence-corrected chi connectivity index (χ4v) is 3.76. The number of carbonyl (C=O) groups is 1. The summed E-state index contributed by atoms with van der Waals surface area (Å²) >= 11 is 0. The predicted octanol–water partition coefficient (Wildman–Crippen LogP) is 2.81. The summed E-state index contributed by atoms with van der Waals surface area (Å²) in [4.78, 5) is 15.0. The van der Waals surface area contributed by atoms with Crippen molar-refractivity contribution in [3.63, 3.8) is 0 Å². The third kappa shape index (κ3) is 2.80. The molecule has 4 rings (SSSR count).